The van der Waals surface area contributed by atoms with Gasteiger partial charge in [0.1, 0.15) is 0 Å². The number of aryl methyl sites for hydroxylation is 3. The number of halogens is 1. The van der Waals surface area contributed by atoms with E-state index < -0.39 is 0 Å². The van der Waals surface area contributed by atoms with Crippen molar-refractivity contribution < 1.29 is 0 Å². The van der Waals surface area contributed by atoms with Crippen LogP contribution in [0.5, 0.6) is 0 Å². The molecule has 3 nitrogen and oxygen atoms in total. The van der Waals surface area contributed by atoms with Crippen LogP contribution in [0.2, 0.25) is 0 Å². The van der Waals surface area contributed by atoms with Gasteiger partial charge in [0, 0.05) is 10.2 Å². The van der Waals surface area contributed by atoms with E-state index in [9.17, 15) is 0 Å². The second kappa shape index (κ2) is 6.60. The summed E-state index contributed by atoms with van der Waals surface area (Å²) in [7, 11) is 0. The lowest BCUT2D eigenvalue weighted by atomic mass is 9.91. The van der Waals surface area contributed by atoms with E-state index in [1.165, 1.54) is 22.3 Å². The van der Waals surface area contributed by atoms with Crippen LogP contribution >= 0.6 is 15.9 Å². The molecule has 2 aromatic rings. The summed E-state index contributed by atoms with van der Waals surface area (Å²) >= 11 is 3.49. The minimum Gasteiger partial charge on any atom is -0.398 e. The Morgan fingerprint density at radius 3 is 2.29 bits per heavy atom. The first-order valence-electron chi connectivity index (χ1n) is 7.00. The predicted molar refractivity (Wildman–Crippen MR) is 93.0 cm³/mol. The van der Waals surface area contributed by atoms with Crippen LogP contribution in [0, 0.1) is 20.8 Å². The fraction of sp³-hybridized carbons (Fsp3) is 0.294. The van der Waals surface area contributed by atoms with Crippen molar-refractivity contribution in [3.8, 4) is 0 Å². The van der Waals surface area contributed by atoms with Crippen molar-refractivity contribution in [1.29, 1.82) is 0 Å². The Labute approximate surface area is 134 Å². The minimum absolute atomic E-state index is 0.0115. The van der Waals surface area contributed by atoms with E-state index in [4.69, 9.17) is 11.6 Å². The summed E-state index contributed by atoms with van der Waals surface area (Å²) in [6.45, 7) is 6.41. The van der Waals surface area contributed by atoms with Crippen molar-refractivity contribution in [3.63, 3.8) is 0 Å². The van der Waals surface area contributed by atoms with Crippen molar-refractivity contribution in [2.24, 2.45) is 5.84 Å². The van der Waals surface area contributed by atoms with Crippen molar-refractivity contribution in [2.45, 2.75) is 33.2 Å². The van der Waals surface area contributed by atoms with E-state index in [-0.39, 0.29) is 6.04 Å². The third-order valence-corrected chi connectivity index (χ3v) is 4.37. The van der Waals surface area contributed by atoms with Gasteiger partial charge < -0.3 is 5.73 Å². The zero-order valence-electron chi connectivity index (χ0n) is 12.7. The Balaban J connectivity index is 2.38. The molecule has 0 fully saturated rings. The standard InChI is InChI=1S/C17H22BrN3/c1-10-6-11(2)14(12(3)7-10)9-17(21-20)15-8-13(18)4-5-16(15)19/h4-8,17,21H,9,19-20H2,1-3H3. The van der Waals surface area contributed by atoms with Gasteiger partial charge >= 0.3 is 0 Å². The number of hydrogen-bond acceptors (Lipinski definition) is 3. The Kier molecular flexibility index (Phi) is 5.04. The average molecular weight is 348 g/mol. The van der Waals surface area contributed by atoms with Gasteiger partial charge in [-0.25, -0.2) is 0 Å². The van der Waals surface area contributed by atoms with E-state index in [0.29, 0.717) is 0 Å². The third kappa shape index (κ3) is 3.64. The van der Waals surface area contributed by atoms with Gasteiger partial charge in [0.25, 0.3) is 0 Å². The van der Waals surface area contributed by atoms with E-state index in [1.807, 2.05) is 18.2 Å². The molecule has 0 heterocycles. The van der Waals surface area contributed by atoms with Gasteiger partial charge in [-0.2, -0.15) is 0 Å². The molecule has 0 saturated carbocycles. The summed E-state index contributed by atoms with van der Waals surface area (Å²) in [5.74, 6) is 5.78. The number of hydrazine groups is 1. The fourth-order valence-corrected chi connectivity index (χ4v) is 3.22. The molecule has 21 heavy (non-hydrogen) atoms. The molecule has 4 heteroatoms. The highest BCUT2D eigenvalue weighted by molar-refractivity contribution is 9.10. The molecule has 1 atom stereocenters. The van der Waals surface area contributed by atoms with Gasteiger partial charge in [-0.3, -0.25) is 11.3 Å². The maximum absolute atomic E-state index is 6.10. The number of nitrogens with one attached hydrogen (secondary N) is 1. The van der Waals surface area contributed by atoms with Crippen molar-refractivity contribution in [3.05, 3.63) is 62.6 Å². The van der Waals surface area contributed by atoms with Gasteiger partial charge in [0.2, 0.25) is 0 Å². The molecule has 1 unspecified atom stereocenters. The number of benzene rings is 2. The van der Waals surface area contributed by atoms with Crippen LogP contribution in [0.3, 0.4) is 0 Å². The molecule has 0 radical (unpaired) electrons. The Morgan fingerprint density at radius 1 is 1.10 bits per heavy atom. The first kappa shape index (κ1) is 16.0. The first-order chi connectivity index (χ1) is 9.92. The third-order valence-electron chi connectivity index (χ3n) is 3.87. The smallest absolute Gasteiger partial charge is 0.0521 e. The van der Waals surface area contributed by atoms with Crippen LogP contribution in [0.4, 0.5) is 5.69 Å². The molecule has 0 spiro atoms. The monoisotopic (exact) mass is 347 g/mol. The molecule has 0 aliphatic heterocycles. The summed E-state index contributed by atoms with van der Waals surface area (Å²) in [6, 6.07) is 10.3. The Bertz CT molecular complexity index is 629. The highest BCUT2D eigenvalue weighted by Gasteiger charge is 2.16. The zero-order chi connectivity index (χ0) is 15.6. The molecule has 0 aliphatic carbocycles. The van der Waals surface area contributed by atoms with Crippen LogP contribution in [-0.4, -0.2) is 0 Å². The lowest BCUT2D eigenvalue weighted by Crippen LogP contribution is -2.30. The zero-order valence-corrected chi connectivity index (χ0v) is 14.3. The summed E-state index contributed by atoms with van der Waals surface area (Å²) in [5, 5.41) is 0. The first-order valence-corrected chi connectivity index (χ1v) is 7.79. The molecule has 2 aromatic carbocycles. The second-order valence-corrected chi connectivity index (χ2v) is 6.49. The highest BCUT2D eigenvalue weighted by Crippen LogP contribution is 2.29. The molecular weight excluding hydrogens is 326 g/mol. The summed E-state index contributed by atoms with van der Waals surface area (Å²) < 4.78 is 1.00. The number of nitrogen functional groups attached to an aromatic ring is 1. The summed E-state index contributed by atoms with van der Waals surface area (Å²) in [4.78, 5) is 0. The minimum atomic E-state index is -0.0115. The Hall–Kier alpha value is -1.36. The van der Waals surface area contributed by atoms with Crippen LogP contribution in [0.1, 0.15) is 33.9 Å². The van der Waals surface area contributed by atoms with Crippen LogP contribution < -0.4 is 17.0 Å². The molecule has 112 valence electrons. The lowest BCUT2D eigenvalue weighted by Gasteiger charge is -2.21. The van der Waals surface area contributed by atoms with Crippen molar-refractivity contribution in [1.82, 2.24) is 5.43 Å². The van der Waals surface area contributed by atoms with Crippen molar-refractivity contribution >= 4 is 21.6 Å². The second-order valence-electron chi connectivity index (χ2n) is 5.57. The summed E-state index contributed by atoms with van der Waals surface area (Å²) in [6.07, 6.45) is 0.815. The van der Waals surface area contributed by atoms with Crippen LogP contribution in [-0.2, 0) is 6.42 Å². The van der Waals surface area contributed by atoms with Gasteiger partial charge in [-0.1, -0.05) is 33.6 Å². The summed E-state index contributed by atoms with van der Waals surface area (Å²) in [5.41, 5.74) is 16.0. The van der Waals surface area contributed by atoms with Crippen LogP contribution in [0.25, 0.3) is 0 Å². The van der Waals surface area contributed by atoms with Crippen molar-refractivity contribution in [2.75, 3.05) is 5.73 Å². The maximum Gasteiger partial charge on any atom is 0.0521 e. The predicted octanol–water partition coefficient (Wildman–Crippen LogP) is 3.70. The quantitative estimate of drug-likeness (QED) is 0.448. The van der Waals surface area contributed by atoms with E-state index in [1.54, 1.807) is 0 Å². The van der Waals surface area contributed by atoms with E-state index >= 15 is 0 Å². The Morgan fingerprint density at radius 2 is 1.71 bits per heavy atom. The SMILES string of the molecule is Cc1cc(C)c(CC(NN)c2cc(Br)ccc2N)c(C)c1. The van der Waals surface area contributed by atoms with Gasteiger partial charge in [0.15, 0.2) is 0 Å². The molecule has 0 bridgehead atoms. The number of anilines is 1. The molecule has 5 N–H and O–H groups in total. The van der Waals surface area contributed by atoms with E-state index in [2.05, 4.69) is 54.3 Å². The van der Waals surface area contributed by atoms with E-state index in [0.717, 1.165) is 22.1 Å². The molecular formula is C17H22BrN3. The molecule has 0 amide bonds. The van der Waals surface area contributed by atoms with Gasteiger partial charge in [0.05, 0.1) is 6.04 Å². The average Bonchev–Trinajstić information content (AvgIpc) is 2.41. The number of nitrogens with two attached hydrogens (primary N) is 2. The molecule has 2 rings (SSSR count). The van der Waals surface area contributed by atoms with Gasteiger partial charge in [-0.15, -0.1) is 0 Å². The number of rotatable bonds is 4. The number of hydrogen-bond donors (Lipinski definition) is 3. The topological polar surface area (TPSA) is 64.1 Å². The largest absolute Gasteiger partial charge is 0.398 e. The lowest BCUT2D eigenvalue weighted by molar-refractivity contribution is 0.551. The molecule has 0 aliphatic rings. The normalized spacial score (nSPS) is 12.4. The molecule has 0 saturated heterocycles. The van der Waals surface area contributed by atoms with Gasteiger partial charge in [-0.05, 0) is 67.6 Å². The highest BCUT2D eigenvalue weighted by atomic mass is 79.9. The van der Waals surface area contributed by atoms with Crippen LogP contribution in [0.15, 0.2) is 34.8 Å². The maximum atomic E-state index is 6.10. The molecule has 0 aromatic heterocycles. The fourth-order valence-electron chi connectivity index (χ4n) is 2.84.